The van der Waals surface area contributed by atoms with E-state index in [1.54, 1.807) is 49.4 Å². The van der Waals surface area contributed by atoms with Crippen molar-refractivity contribution >= 4 is 39.1 Å². The minimum atomic E-state index is -3.85. The van der Waals surface area contributed by atoms with E-state index in [4.69, 9.17) is 21.1 Å². The van der Waals surface area contributed by atoms with Crippen molar-refractivity contribution in [2.45, 2.75) is 46.3 Å². The summed E-state index contributed by atoms with van der Waals surface area (Å²) in [5, 5.41) is 3.25. The molecular formula is C25H32ClN3O6S. The maximum atomic E-state index is 13.7. The number of fused-ring (bicyclic) bond motifs is 1. The number of nitrogens with zero attached hydrogens (tertiary/aromatic N) is 2. The van der Waals surface area contributed by atoms with E-state index in [1.807, 2.05) is 13.8 Å². The number of hydrogen-bond acceptors (Lipinski definition) is 6. The maximum absolute atomic E-state index is 13.7. The van der Waals surface area contributed by atoms with Crippen LogP contribution in [0, 0.1) is 0 Å². The van der Waals surface area contributed by atoms with Crippen LogP contribution in [-0.2, 0) is 26.2 Å². The number of benzene rings is 2. The molecule has 0 saturated heterocycles. The van der Waals surface area contributed by atoms with Crippen molar-refractivity contribution in [2.24, 2.45) is 0 Å². The summed E-state index contributed by atoms with van der Waals surface area (Å²) in [6.45, 7) is 7.02. The van der Waals surface area contributed by atoms with Crippen LogP contribution in [0.15, 0.2) is 42.5 Å². The minimum Gasteiger partial charge on any atom is -0.486 e. The minimum absolute atomic E-state index is 0.0341. The van der Waals surface area contributed by atoms with Crippen molar-refractivity contribution in [2.75, 3.05) is 29.8 Å². The molecule has 0 aromatic heterocycles. The average molecular weight is 538 g/mol. The zero-order chi connectivity index (χ0) is 26.5. The van der Waals surface area contributed by atoms with E-state index >= 15 is 0 Å². The van der Waals surface area contributed by atoms with Crippen LogP contribution in [0.25, 0.3) is 0 Å². The van der Waals surface area contributed by atoms with E-state index in [0.717, 1.165) is 4.31 Å². The van der Waals surface area contributed by atoms with Gasteiger partial charge >= 0.3 is 0 Å². The van der Waals surface area contributed by atoms with Crippen LogP contribution in [0.5, 0.6) is 11.5 Å². The third kappa shape index (κ3) is 6.61. The molecule has 0 fully saturated rings. The molecule has 0 aliphatic carbocycles. The number of carbonyl (C=O) groups excluding carboxylic acids is 2. The Morgan fingerprint density at radius 3 is 2.36 bits per heavy atom. The molecule has 9 nitrogen and oxygen atoms in total. The lowest BCUT2D eigenvalue weighted by atomic mass is 10.1. The lowest BCUT2D eigenvalue weighted by Gasteiger charge is -2.32. The molecule has 0 radical (unpaired) electrons. The number of halogens is 1. The van der Waals surface area contributed by atoms with E-state index in [0.29, 0.717) is 35.3 Å². The van der Waals surface area contributed by atoms with Crippen LogP contribution in [-0.4, -0.2) is 62.7 Å². The van der Waals surface area contributed by atoms with E-state index in [2.05, 4.69) is 5.32 Å². The standard InChI is InChI=1S/C25H32ClN3O6S/c1-5-36(32,33)29(20-10-11-22-23(14-20)35-13-12-34-22)16-24(30)28(18(4)25(31)27-17(2)3)15-19-8-6-7-9-21(19)26/h6-11,14,17-18H,5,12-13,15-16H2,1-4H3,(H,27,31)/t18-/m1/s1. The summed E-state index contributed by atoms with van der Waals surface area (Å²) in [5.41, 5.74) is 0.910. The topological polar surface area (TPSA) is 105 Å². The van der Waals surface area contributed by atoms with Gasteiger partial charge in [0.2, 0.25) is 21.8 Å². The second-order valence-electron chi connectivity index (χ2n) is 8.69. The zero-order valence-electron chi connectivity index (χ0n) is 20.9. The Labute approximate surface area is 217 Å². The largest absolute Gasteiger partial charge is 0.486 e. The lowest BCUT2D eigenvalue weighted by molar-refractivity contribution is -0.139. The van der Waals surface area contributed by atoms with Crippen molar-refractivity contribution in [1.29, 1.82) is 0 Å². The maximum Gasteiger partial charge on any atom is 0.244 e. The molecule has 1 atom stereocenters. The molecule has 0 saturated carbocycles. The summed E-state index contributed by atoms with van der Waals surface area (Å²) < 4.78 is 38.3. The summed E-state index contributed by atoms with van der Waals surface area (Å²) in [5.74, 6) is -0.213. The van der Waals surface area contributed by atoms with Crippen LogP contribution in [0.1, 0.15) is 33.3 Å². The molecule has 1 N–H and O–H groups in total. The van der Waals surface area contributed by atoms with E-state index in [-0.39, 0.29) is 29.9 Å². The number of hydrogen-bond donors (Lipinski definition) is 1. The van der Waals surface area contributed by atoms with Crippen LogP contribution in [0.4, 0.5) is 5.69 Å². The van der Waals surface area contributed by atoms with Gasteiger partial charge in [0.1, 0.15) is 25.8 Å². The third-order valence-electron chi connectivity index (χ3n) is 5.69. The van der Waals surface area contributed by atoms with Gasteiger partial charge < -0.3 is 19.7 Å². The fourth-order valence-corrected chi connectivity index (χ4v) is 4.95. The number of ether oxygens (including phenoxy) is 2. The first-order valence-electron chi connectivity index (χ1n) is 11.8. The highest BCUT2D eigenvalue weighted by Gasteiger charge is 2.32. The Balaban J connectivity index is 1.96. The predicted octanol–water partition coefficient (Wildman–Crippen LogP) is 3.21. The van der Waals surface area contributed by atoms with Gasteiger partial charge in [-0.05, 0) is 51.5 Å². The van der Waals surface area contributed by atoms with Crippen LogP contribution in [0.2, 0.25) is 5.02 Å². The molecule has 196 valence electrons. The van der Waals surface area contributed by atoms with Crippen LogP contribution < -0.4 is 19.1 Å². The third-order valence-corrected chi connectivity index (χ3v) is 7.80. The fourth-order valence-electron chi connectivity index (χ4n) is 3.70. The quantitative estimate of drug-likeness (QED) is 0.499. The smallest absolute Gasteiger partial charge is 0.244 e. The molecule has 0 bridgehead atoms. The Kier molecular flexibility index (Phi) is 9.08. The summed E-state index contributed by atoms with van der Waals surface area (Å²) in [7, 11) is -3.85. The highest BCUT2D eigenvalue weighted by molar-refractivity contribution is 7.92. The van der Waals surface area contributed by atoms with Gasteiger partial charge in [-0.25, -0.2) is 8.42 Å². The molecule has 11 heteroatoms. The lowest BCUT2D eigenvalue weighted by Crippen LogP contribution is -2.52. The summed E-state index contributed by atoms with van der Waals surface area (Å²) >= 11 is 6.34. The van der Waals surface area contributed by atoms with Crippen LogP contribution in [0.3, 0.4) is 0 Å². The molecule has 36 heavy (non-hydrogen) atoms. The average Bonchev–Trinajstić information content (AvgIpc) is 2.85. The molecule has 3 rings (SSSR count). The Hall–Kier alpha value is -2.98. The SMILES string of the molecule is CCS(=O)(=O)N(CC(=O)N(Cc1ccccc1Cl)[C@H](C)C(=O)NC(C)C)c1ccc2c(c1)OCCO2. The van der Waals surface area contributed by atoms with Crippen molar-refractivity contribution in [3.63, 3.8) is 0 Å². The molecule has 1 aliphatic rings. The van der Waals surface area contributed by atoms with Gasteiger partial charge in [-0.15, -0.1) is 0 Å². The van der Waals surface area contributed by atoms with Gasteiger partial charge in [-0.2, -0.15) is 0 Å². The molecule has 1 heterocycles. The molecule has 2 amide bonds. The number of amides is 2. The van der Waals surface area contributed by atoms with Gasteiger partial charge in [0, 0.05) is 23.7 Å². The van der Waals surface area contributed by atoms with Gasteiger partial charge in [0.05, 0.1) is 11.4 Å². The summed E-state index contributed by atoms with van der Waals surface area (Å²) in [6.07, 6.45) is 0. The summed E-state index contributed by atoms with van der Waals surface area (Å²) in [4.78, 5) is 27.9. The van der Waals surface area contributed by atoms with Gasteiger partial charge in [0.25, 0.3) is 0 Å². The number of anilines is 1. The Morgan fingerprint density at radius 2 is 1.72 bits per heavy atom. The molecule has 2 aromatic rings. The highest BCUT2D eigenvalue weighted by Crippen LogP contribution is 2.35. The van der Waals surface area contributed by atoms with Crippen molar-refractivity contribution < 1.29 is 27.5 Å². The van der Waals surface area contributed by atoms with Gasteiger partial charge in [-0.1, -0.05) is 29.8 Å². The first-order chi connectivity index (χ1) is 17.0. The highest BCUT2D eigenvalue weighted by atomic mass is 35.5. The molecule has 1 aliphatic heterocycles. The van der Waals surface area contributed by atoms with Crippen molar-refractivity contribution in [3.8, 4) is 11.5 Å². The zero-order valence-corrected chi connectivity index (χ0v) is 22.4. The number of carbonyl (C=O) groups is 2. The van der Waals surface area contributed by atoms with Gasteiger partial charge in [0.15, 0.2) is 11.5 Å². The number of rotatable bonds is 10. The first kappa shape index (κ1) is 27.6. The Bertz CT molecular complexity index is 1200. The van der Waals surface area contributed by atoms with Gasteiger partial charge in [-0.3, -0.25) is 13.9 Å². The summed E-state index contributed by atoms with van der Waals surface area (Å²) in [6, 6.07) is 10.7. The van der Waals surface area contributed by atoms with Crippen molar-refractivity contribution in [1.82, 2.24) is 10.2 Å². The predicted molar refractivity (Wildman–Crippen MR) is 139 cm³/mol. The number of nitrogens with one attached hydrogen (secondary N) is 1. The number of sulfonamides is 1. The van der Waals surface area contributed by atoms with E-state index in [9.17, 15) is 18.0 Å². The molecule has 0 unspecified atom stereocenters. The second kappa shape index (κ2) is 11.8. The molecule has 0 spiro atoms. The second-order valence-corrected chi connectivity index (χ2v) is 11.3. The molecule has 2 aromatic carbocycles. The van der Waals surface area contributed by atoms with E-state index < -0.39 is 28.5 Å². The molecular weight excluding hydrogens is 506 g/mol. The van der Waals surface area contributed by atoms with Crippen LogP contribution >= 0.6 is 11.6 Å². The fraction of sp³-hybridized carbons (Fsp3) is 0.440. The monoisotopic (exact) mass is 537 g/mol. The van der Waals surface area contributed by atoms with Crippen molar-refractivity contribution in [3.05, 3.63) is 53.1 Å². The van der Waals surface area contributed by atoms with E-state index in [1.165, 1.54) is 11.8 Å². The Morgan fingerprint density at radius 1 is 1.06 bits per heavy atom. The normalized spacial score (nSPS) is 13.7. The first-order valence-corrected chi connectivity index (χ1v) is 13.8.